The van der Waals surface area contributed by atoms with Gasteiger partial charge < -0.3 is 14.6 Å². The first-order valence-electron chi connectivity index (χ1n) is 7.75. The van der Waals surface area contributed by atoms with E-state index in [0.717, 1.165) is 32.5 Å². The Hall–Kier alpha value is -1.80. The van der Waals surface area contributed by atoms with Crippen molar-refractivity contribution in [3.8, 4) is 11.6 Å². The third-order valence-corrected chi connectivity index (χ3v) is 3.73. The van der Waals surface area contributed by atoms with Crippen LogP contribution in [0.4, 0.5) is 0 Å². The quantitative estimate of drug-likeness (QED) is 0.837. The molecule has 0 aliphatic carbocycles. The molecule has 8 heteroatoms. The van der Waals surface area contributed by atoms with Gasteiger partial charge in [-0.2, -0.15) is 10.1 Å². The highest BCUT2D eigenvalue weighted by atomic mass is 16.5. The van der Waals surface area contributed by atoms with E-state index >= 15 is 0 Å². The molecule has 3 heterocycles. The van der Waals surface area contributed by atoms with Crippen molar-refractivity contribution < 1.29 is 9.26 Å². The van der Waals surface area contributed by atoms with E-state index in [1.807, 2.05) is 0 Å². The molecule has 2 aromatic heterocycles. The number of aromatic amines is 1. The van der Waals surface area contributed by atoms with Crippen LogP contribution in [-0.4, -0.2) is 44.6 Å². The third-order valence-electron chi connectivity index (χ3n) is 3.73. The molecule has 1 aliphatic rings. The molecular weight excluding hydrogens is 284 g/mol. The molecule has 22 heavy (non-hydrogen) atoms. The van der Waals surface area contributed by atoms with Crippen molar-refractivity contribution in [1.82, 2.24) is 30.6 Å². The number of H-pyrrole nitrogens is 1. The Morgan fingerprint density at radius 1 is 1.36 bits per heavy atom. The Labute approximate surface area is 129 Å². The van der Waals surface area contributed by atoms with Crippen LogP contribution in [0, 0.1) is 5.92 Å². The van der Waals surface area contributed by atoms with Gasteiger partial charge >= 0.3 is 0 Å². The molecule has 0 radical (unpaired) electrons. The van der Waals surface area contributed by atoms with Crippen LogP contribution in [0.25, 0.3) is 11.6 Å². The summed E-state index contributed by atoms with van der Waals surface area (Å²) in [5, 5.41) is 14.2. The number of hydrogen-bond donors (Lipinski definition) is 2. The molecule has 0 bridgehead atoms. The van der Waals surface area contributed by atoms with Gasteiger partial charge in [0.15, 0.2) is 5.82 Å². The van der Waals surface area contributed by atoms with Gasteiger partial charge in [-0.25, -0.2) is 4.98 Å². The van der Waals surface area contributed by atoms with Gasteiger partial charge in [0.1, 0.15) is 6.33 Å². The highest BCUT2D eigenvalue weighted by Gasteiger charge is 2.25. The van der Waals surface area contributed by atoms with Gasteiger partial charge in [0.05, 0.1) is 6.04 Å². The van der Waals surface area contributed by atoms with E-state index in [-0.39, 0.29) is 6.04 Å². The SMILES string of the molecule is CC(C)C[C@@H](NC1CCOCC1)c1nc(-c2ncn[nH]2)no1. The summed E-state index contributed by atoms with van der Waals surface area (Å²) in [6.07, 6.45) is 4.39. The number of hydrogen-bond acceptors (Lipinski definition) is 7. The van der Waals surface area contributed by atoms with Crippen LogP contribution in [0.5, 0.6) is 0 Å². The highest BCUT2D eigenvalue weighted by molar-refractivity contribution is 5.39. The predicted octanol–water partition coefficient (Wildman–Crippen LogP) is 1.71. The Morgan fingerprint density at radius 3 is 2.86 bits per heavy atom. The monoisotopic (exact) mass is 306 g/mol. The van der Waals surface area contributed by atoms with E-state index in [0.29, 0.717) is 29.5 Å². The molecule has 1 atom stereocenters. The number of rotatable bonds is 6. The Kier molecular flexibility index (Phi) is 4.79. The van der Waals surface area contributed by atoms with Crippen LogP contribution in [0.1, 0.15) is 45.0 Å². The summed E-state index contributed by atoms with van der Waals surface area (Å²) in [6.45, 7) is 5.98. The Morgan fingerprint density at radius 2 is 2.18 bits per heavy atom. The molecule has 0 amide bonds. The van der Waals surface area contributed by atoms with E-state index in [2.05, 4.69) is 44.5 Å². The van der Waals surface area contributed by atoms with Crippen LogP contribution in [0.3, 0.4) is 0 Å². The molecule has 0 saturated carbocycles. The zero-order valence-electron chi connectivity index (χ0n) is 13.0. The second-order valence-corrected chi connectivity index (χ2v) is 6.03. The van der Waals surface area contributed by atoms with Crippen molar-refractivity contribution in [3.63, 3.8) is 0 Å². The van der Waals surface area contributed by atoms with Gasteiger partial charge in [-0.3, -0.25) is 5.10 Å². The van der Waals surface area contributed by atoms with Crippen molar-refractivity contribution in [2.24, 2.45) is 5.92 Å². The highest BCUT2D eigenvalue weighted by Crippen LogP contribution is 2.24. The zero-order valence-corrected chi connectivity index (χ0v) is 13.0. The van der Waals surface area contributed by atoms with Gasteiger partial charge in [0.25, 0.3) is 0 Å². The number of nitrogens with zero attached hydrogens (tertiary/aromatic N) is 4. The maximum atomic E-state index is 5.45. The summed E-state index contributed by atoms with van der Waals surface area (Å²) in [5.74, 6) is 2.09. The summed E-state index contributed by atoms with van der Waals surface area (Å²) in [6, 6.07) is 0.477. The van der Waals surface area contributed by atoms with E-state index in [4.69, 9.17) is 9.26 Å². The third kappa shape index (κ3) is 3.69. The first-order valence-corrected chi connectivity index (χ1v) is 7.75. The predicted molar refractivity (Wildman–Crippen MR) is 78.8 cm³/mol. The van der Waals surface area contributed by atoms with E-state index in [1.165, 1.54) is 6.33 Å². The van der Waals surface area contributed by atoms with Crippen LogP contribution in [0.15, 0.2) is 10.9 Å². The van der Waals surface area contributed by atoms with E-state index in [9.17, 15) is 0 Å². The second-order valence-electron chi connectivity index (χ2n) is 6.03. The van der Waals surface area contributed by atoms with Gasteiger partial charge in [-0.1, -0.05) is 19.0 Å². The van der Waals surface area contributed by atoms with Crippen molar-refractivity contribution in [2.75, 3.05) is 13.2 Å². The standard InChI is InChI=1S/C14H22N6O2/c1-9(2)7-11(17-10-3-5-21-6-4-10)14-18-13(20-22-14)12-15-8-16-19-12/h8-11,17H,3-7H2,1-2H3,(H,15,16,19)/t11-/m1/s1. The maximum absolute atomic E-state index is 5.45. The summed E-state index contributed by atoms with van der Waals surface area (Å²) in [5.41, 5.74) is 0. The van der Waals surface area contributed by atoms with Crippen molar-refractivity contribution in [1.29, 1.82) is 0 Å². The largest absolute Gasteiger partial charge is 0.381 e. The zero-order chi connectivity index (χ0) is 15.4. The summed E-state index contributed by atoms with van der Waals surface area (Å²) in [7, 11) is 0. The van der Waals surface area contributed by atoms with Gasteiger partial charge in [-0.05, 0) is 25.2 Å². The van der Waals surface area contributed by atoms with Crippen molar-refractivity contribution >= 4 is 0 Å². The summed E-state index contributed by atoms with van der Waals surface area (Å²) in [4.78, 5) is 8.51. The molecule has 0 spiro atoms. The minimum Gasteiger partial charge on any atom is -0.381 e. The molecule has 1 saturated heterocycles. The lowest BCUT2D eigenvalue weighted by atomic mass is 10.0. The molecule has 1 aliphatic heterocycles. The molecule has 3 rings (SSSR count). The lowest BCUT2D eigenvalue weighted by molar-refractivity contribution is 0.0723. The lowest BCUT2D eigenvalue weighted by Gasteiger charge is -2.27. The fourth-order valence-corrected chi connectivity index (χ4v) is 2.65. The van der Waals surface area contributed by atoms with Gasteiger partial charge in [0, 0.05) is 19.3 Å². The molecule has 120 valence electrons. The normalized spacial score (nSPS) is 18.0. The lowest BCUT2D eigenvalue weighted by Crippen LogP contribution is -2.38. The van der Waals surface area contributed by atoms with Crippen LogP contribution in [-0.2, 0) is 4.74 Å². The minimum atomic E-state index is 0.0484. The van der Waals surface area contributed by atoms with Gasteiger partial charge in [0.2, 0.25) is 11.7 Å². The first-order chi connectivity index (χ1) is 10.7. The van der Waals surface area contributed by atoms with Gasteiger partial charge in [-0.15, -0.1) is 0 Å². The van der Waals surface area contributed by atoms with Crippen molar-refractivity contribution in [3.05, 3.63) is 12.2 Å². The average molecular weight is 306 g/mol. The smallest absolute Gasteiger partial charge is 0.244 e. The minimum absolute atomic E-state index is 0.0484. The number of ether oxygens (including phenoxy) is 1. The maximum Gasteiger partial charge on any atom is 0.244 e. The van der Waals surface area contributed by atoms with Crippen LogP contribution < -0.4 is 5.32 Å². The van der Waals surface area contributed by atoms with E-state index < -0.39 is 0 Å². The molecule has 0 unspecified atom stereocenters. The summed E-state index contributed by atoms with van der Waals surface area (Å²) >= 11 is 0. The van der Waals surface area contributed by atoms with Crippen LogP contribution >= 0.6 is 0 Å². The molecule has 0 aromatic carbocycles. The van der Waals surface area contributed by atoms with E-state index in [1.54, 1.807) is 0 Å². The molecular formula is C14H22N6O2. The van der Waals surface area contributed by atoms with Crippen molar-refractivity contribution in [2.45, 2.75) is 45.2 Å². The number of nitrogens with one attached hydrogen (secondary N) is 2. The fraction of sp³-hybridized carbons (Fsp3) is 0.714. The number of aromatic nitrogens is 5. The van der Waals surface area contributed by atoms with Crippen LogP contribution in [0.2, 0.25) is 0 Å². The first kappa shape index (κ1) is 15.1. The Bertz CT molecular complexity index is 562. The molecule has 2 N–H and O–H groups in total. The molecule has 1 fully saturated rings. The Balaban J connectivity index is 1.73. The molecule has 2 aromatic rings. The molecule has 8 nitrogen and oxygen atoms in total. The second kappa shape index (κ2) is 6.97. The average Bonchev–Trinajstić information content (AvgIpc) is 3.18. The fourth-order valence-electron chi connectivity index (χ4n) is 2.65. The summed E-state index contributed by atoms with van der Waals surface area (Å²) < 4.78 is 10.9. The topological polar surface area (TPSA) is 102 Å².